The summed E-state index contributed by atoms with van der Waals surface area (Å²) in [6.45, 7) is 0.908. The highest BCUT2D eigenvalue weighted by atomic mass is 16.3. The van der Waals surface area contributed by atoms with Gasteiger partial charge < -0.3 is 10.4 Å². The minimum atomic E-state index is 0.216. The Hall–Kier alpha value is -1.12. The SMILES string of the molecule is OCCN[C@@H](Cc1ccccc1)[C@@H]1CC=CCC1. The molecule has 1 aromatic carbocycles. The number of rotatable bonds is 6. The number of aliphatic hydroxyl groups excluding tert-OH is 1. The number of hydrogen-bond donors (Lipinski definition) is 2. The summed E-state index contributed by atoms with van der Waals surface area (Å²) in [5.41, 5.74) is 1.38. The molecule has 0 bridgehead atoms. The fourth-order valence-electron chi connectivity index (χ4n) is 2.71. The van der Waals surface area contributed by atoms with Crippen molar-refractivity contribution in [2.45, 2.75) is 31.7 Å². The highest BCUT2D eigenvalue weighted by Crippen LogP contribution is 2.24. The fourth-order valence-corrected chi connectivity index (χ4v) is 2.71. The van der Waals surface area contributed by atoms with Gasteiger partial charge in [0.15, 0.2) is 0 Å². The highest BCUT2D eigenvalue weighted by Gasteiger charge is 2.21. The molecule has 2 nitrogen and oxygen atoms in total. The van der Waals surface area contributed by atoms with Crippen molar-refractivity contribution in [1.82, 2.24) is 5.32 Å². The molecule has 2 rings (SSSR count). The second-order valence-electron chi connectivity index (χ2n) is 5.02. The molecule has 2 atom stereocenters. The molecule has 18 heavy (non-hydrogen) atoms. The maximum Gasteiger partial charge on any atom is 0.0556 e. The van der Waals surface area contributed by atoms with Crippen LogP contribution in [0.15, 0.2) is 42.5 Å². The largest absolute Gasteiger partial charge is 0.395 e. The summed E-state index contributed by atoms with van der Waals surface area (Å²) >= 11 is 0. The summed E-state index contributed by atoms with van der Waals surface area (Å²) in [6, 6.07) is 11.1. The van der Waals surface area contributed by atoms with E-state index >= 15 is 0 Å². The molecule has 0 saturated carbocycles. The molecule has 1 aliphatic rings. The van der Waals surface area contributed by atoms with E-state index in [2.05, 4.69) is 47.8 Å². The van der Waals surface area contributed by atoms with Crippen LogP contribution in [-0.4, -0.2) is 24.3 Å². The van der Waals surface area contributed by atoms with E-state index in [1.54, 1.807) is 0 Å². The van der Waals surface area contributed by atoms with Gasteiger partial charge >= 0.3 is 0 Å². The van der Waals surface area contributed by atoms with Crippen molar-refractivity contribution in [1.29, 1.82) is 0 Å². The molecular weight excluding hydrogens is 222 g/mol. The number of allylic oxidation sites excluding steroid dienone is 2. The van der Waals surface area contributed by atoms with Crippen molar-refractivity contribution in [3.05, 3.63) is 48.0 Å². The van der Waals surface area contributed by atoms with Crippen LogP contribution in [0, 0.1) is 5.92 Å². The second-order valence-corrected chi connectivity index (χ2v) is 5.02. The minimum absolute atomic E-state index is 0.216. The Morgan fingerprint density at radius 1 is 1.22 bits per heavy atom. The number of aliphatic hydroxyl groups is 1. The molecule has 0 amide bonds. The zero-order valence-corrected chi connectivity index (χ0v) is 10.9. The van der Waals surface area contributed by atoms with Crippen LogP contribution in [-0.2, 0) is 6.42 Å². The maximum absolute atomic E-state index is 9.00. The van der Waals surface area contributed by atoms with Gasteiger partial charge in [0.1, 0.15) is 0 Å². The Bertz CT molecular complexity index is 361. The molecule has 0 fully saturated rings. The van der Waals surface area contributed by atoms with E-state index in [4.69, 9.17) is 5.11 Å². The number of nitrogens with one attached hydrogen (secondary N) is 1. The average Bonchev–Trinajstić information content (AvgIpc) is 2.45. The van der Waals surface area contributed by atoms with Gasteiger partial charge in [0, 0.05) is 12.6 Å². The van der Waals surface area contributed by atoms with Crippen molar-refractivity contribution >= 4 is 0 Å². The molecule has 0 radical (unpaired) electrons. The number of hydrogen-bond acceptors (Lipinski definition) is 2. The lowest BCUT2D eigenvalue weighted by molar-refractivity contribution is 0.260. The zero-order chi connectivity index (χ0) is 12.6. The topological polar surface area (TPSA) is 32.3 Å². The lowest BCUT2D eigenvalue weighted by atomic mass is 9.84. The molecular formula is C16H23NO. The van der Waals surface area contributed by atoms with Crippen LogP contribution in [0.25, 0.3) is 0 Å². The van der Waals surface area contributed by atoms with E-state index in [9.17, 15) is 0 Å². The zero-order valence-electron chi connectivity index (χ0n) is 10.9. The van der Waals surface area contributed by atoms with E-state index in [0.717, 1.165) is 12.8 Å². The van der Waals surface area contributed by atoms with Crippen LogP contribution in [0.2, 0.25) is 0 Å². The molecule has 98 valence electrons. The van der Waals surface area contributed by atoms with E-state index in [1.165, 1.54) is 18.4 Å². The quantitative estimate of drug-likeness (QED) is 0.755. The molecule has 0 spiro atoms. The first kappa shape index (κ1) is 13.3. The van der Waals surface area contributed by atoms with Gasteiger partial charge in [-0.15, -0.1) is 0 Å². The number of benzene rings is 1. The normalized spacial score (nSPS) is 20.8. The van der Waals surface area contributed by atoms with Crippen LogP contribution in [0.5, 0.6) is 0 Å². The second kappa shape index (κ2) is 7.34. The Labute approximate surface area is 110 Å². The van der Waals surface area contributed by atoms with Crippen molar-refractivity contribution in [3.8, 4) is 0 Å². The Morgan fingerprint density at radius 2 is 2.06 bits per heavy atom. The van der Waals surface area contributed by atoms with E-state index < -0.39 is 0 Å². The molecule has 1 aromatic rings. The molecule has 1 aliphatic carbocycles. The lowest BCUT2D eigenvalue weighted by Gasteiger charge is -2.29. The van der Waals surface area contributed by atoms with Gasteiger partial charge in [-0.3, -0.25) is 0 Å². The molecule has 2 heteroatoms. The summed E-state index contributed by atoms with van der Waals surface area (Å²) in [7, 11) is 0. The molecule has 0 saturated heterocycles. The fraction of sp³-hybridized carbons (Fsp3) is 0.500. The third kappa shape index (κ3) is 3.97. The Morgan fingerprint density at radius 3 is 2.72 bits per heavy atom. The summed E-state index contributed by atoms with van der Waals surface area (Å²) in [5, 5.41) is 12.5. The van der Waals surface area contributed by atoms with Crippen LogP contribution < -0.4 is 5.32 Å². The first-order valence-electron chi connectivity index (χ1n) is 6.93. The van der Waals surface area contributed by atoms with Crippen molar-refractivity contribution in [3.63, 3.8) is 0 Å². The van der Waals surface area contributed by atoms with Crippen LogP contribution in [0.4, 0.5) is 0 Å². The third-order valence-electron chi connectivity index (χ3n) is 3.70. The van der Waals surface area contributed by atoms with Gasteiger partial charge in [-0.2, -0.15) is 0 Å². The minimum Gasteiger partial charge on any atom is -0.395 e. The monoisotopic (exact) mass is 245 g/mol. The molecule has 0 heterocycles. The predicted octanol–water partition coefficient (Wildman–Crippen LogP) is 2.54. The van der Waals surface area contributed by atoms with Gasteiger partial charge in [-0.1, -0.05) is 42.5 Å². The highest BCUT2D eigenvalue weighted by molar-refractivity contribution is 5.16. The van der Waals surface area contributed by atoms with Gasteiger partial charge in [0.25, 0.3) is 0 Å². The molecule has 0 unspecified atom stereocenters. The van der Waals surface area contributed by atoms with Gasteiger partial charge in [-0.05, 0) is 37.2 Å². The smallest absolute Gasteiger partial charge is 0.0556 e. The lowest BCUT2D eigenvalue weighted by Crippen LogP contribution is -2.40. The summed E-state index contributed by atoms with van der Waals surface area (Å²) in [6.07, 6.45) is 9.24. The predicted molar refractivity (Wildman–Crippen MR) is 75.5 cm³/mol. The summed E-state index contributed by atoms with van der Waals surface area (Å²) < 4.78 is 0. The van der Waals surface area contributed by atoms with Gasteiger partial charge in [-0.25, -0.2) is 0 Å². The standard InChI is InChI=1S/C16H23NO/c18-12-11-17-16(15-9-5-2-6-10-15)13-14-7-3-1-4-8-14/h1-5,7-8,15-18H,6,9-13H2/t15-,16+/m1/s1. The van der Waals surface area contributed by atoms with Crippen LogP contribution in [0.1, 0.15) is 24.8 Å². The summed E-state index contributed by atoms with van der Waals surface area (Å²) in [4.78, 5) is 0. The Kier molecular flexibility index (Phi) is 5.43. The van der Waals surface area contributed by atoms with E-state index in [1.807, 2.05) is 0 Å². The average molecular weight is 245 g/mol. The van der Waals surface area contributed by atoms with Crippen LogP contribution >= 0.6 is 0 Å². The van der Waals surface area contributed by atoms with Crippen LogP contribution in [0.3, 0.4) is 0 Å². The van der Waals surface area contributed by atoms with E-state index in [-0.39, 0.29) is 6.61 Å². The van der Waals surface area contributed by atoms with E-state index in [0.29, 0.717) is 18.5 Å². The van der Waals surface area contributed by atoms with Gasteiger partial charge in [0.2, 0.25) is 0 Å². The third-order valence-corrected chi connectivity index (χ3v) is 3.70. The summed E-state index contributed by atoms with van der Waals surface area (Å²) in [5.74, 6) is 0.696. The Balaban J connectivity index is 1.97. The molecule has 0 aromatic heterocycles. The maximum atomic E-state index is 9.00. The van der Waals surface area contributed by atoms with Crippen molar-refractivity contribution < 1.29 is 5.11 Å². The molecule has 2 N–H and O–H groups in total. The van der Waals surface area contributed by atoms with Gasteiger partial charge in [0.05, 0.1) is 6.61 Å². The molecule has 0 aliphatic heterocycles. The van der Waals surface area contributed by atoms with Crippen molar-refractivity contribution in [2.24, 2.45) is 5.92 Å². The first-order valence-corrected chi connectivity index (χ1v) is 6.93. The first-order chi connectivity index (χ1) is 8.90. The van der Waals surface area contributed by atoms with Crippen molar-refractivity contribution in [2.75, 3.05) is 13.2 Å².